The summed E-state index contributed by atoms with van der Waals surface area (Å²) in [7, 11) is 0. The summed E-state index contributed by atoms with van der Waals surface area (Å²) < 4.78 is 11.2. The van der Waals surface area contributed by atoms with Gasteiger partial charge >= 0.3 is 0 Å². The molecule has 0 saturated carbocycles. The van der Waals surface area contributed by atoms with Crippen LogP contribution in [0, 0.1) is 0 Å². The molecule has 0 atom stereocenters. The SMILES string of the molecule is CCC(F)=S. The fourth-order valence-electron chi connectivity index (χ4n) is 0. The van der Waals surface area contributed by atoms with Crippen molar-refractivity contribution in [1.82, 2.24) is 0 Å². The number of halogens is 1. The predicted molar refractivity (Wildman–Crippen MR) is 24.0 cm³/mol. The van der Waals surface area contributed by atoms with E-state index in [1.54, 1.807) is 6.92 Å². The second-order valence-electron chi connectivity index (χ2n) is 0.709. The molecule has 0 N–H and O–H groups in total. The van der Waals surface area contributed by atoms with Gasteiger partial charge in [-0.1, -0.05) is 19.1 Å². The van der Waals surface area contributed by atoms with Gasteiger partial charge in [0.2, 0.25) is 0 Å². The lowest BCUT2D eigenvalue weighted by molar-refractivity contribution is 0.800. The molecular formula is C3H5FS. The molecule has 0 aliphatic heterocycles. The summed E-state index contributed by atoms with van der Waals surface area (Å²) in [5, 5.41) is -0.412. The zero-order chi connectivity index (χ0) is 4.28. The second kappa shape index (κ2) is 2.27. The summed E-state index contributed by atoms with van der Waals surface area (Å²) in [6.07, 6.45) is 0.370. The van der Waals surface area contributed by atoms with Gasteiger partial charge in [0.05, 0.1) is 0 Å². The van der Waals surface area contributed by atoms with Crippen molar-refractivity contribution in [2.45, 2.75) is 13.3 Å². The van der Waals surface area contributed by atoms with E-state index >= 15 is 0 Å². The highest BCUT2D eigenvalue weighted by atomic mass is 32.1. The molecule has 0 unspecified atom stereocenters. The molecule has 30 valence electrons. The molecule has 0 aromatic carbocycles. The molecule has 0 spiro atoms. The van der Waals surface area contributed by atoms with Gasteiger partial charge in [0.1, 0.15) is 0 Å². The van der Waals surface area contributed by atoms with Gasteiger partial charge in [0.25, 0.3) is 0 Å². The van der Waals surface area contributed by atoms with E-state index in [1.807, 2.05) is 0 Å². The summed E-state index contributed by atoms with van der Waals surface area (Å²) >= 11 is 4.03. The van der Waals surface area contributed by atoms with E-state index in [0.29, 0.717) is 6.42 Å². The maximum Gasteiger partial charge on any atom is 0.162 e. The van der Waals surface area contributed by atoms with E-state index in [9.17, 15) is 4.39 Å². The van der Waals surface area contributed by atoms with Crippen LogP contribution in [0.4, 0.5) is 4.39 Å². The quantitative estimate of drug-likeness (QED) is 0.350. The molecular weight excluding hydrogens is 87.1 g/mol. The van der Waals surface area contributed by atoms with Crippen molar-refractivity contribution in [3.63, 3.8) is 0 Å². The summed E-state index contributed by atoms with van der Waals surface area (Å²) in [5.74, 6) is 0. The molecule has 0 heterocycles. The van der Waals surface area contributed by atoms with Gasteiger partial charge < -0.3 is 0 Å². The van der Waals surface area contributed by atoms with Gasteiger partial charge in [0.15, 0.2) is 5.12 Å². The van der Waals surface area contributed by atoms with Crippen LogP contribution >= 0.6 is 12.2 Å². The van der Waals surface area contributed by atoms with Crippen LogP contribution in [0.25, 0.3) is 0 Å². The molecule has 0 amide bonds. The Labute approximate surface area is 36.0 Å². The largest absolute Gasteiger partial charge is 0.199 e. The zero-order valence-corrected chi connectivity index (χ0v) is 3.81. The standard InChI is InChI=1S/C3H5FS/c1-2-3(4)5/h2H2,1H3. The first-order chi connectivity index (χ1) is 2.27. The maximum atomic E-state index is 11.2. The Balaban J connectivity index is 2.85. The number of thiocarbonyl (C=S) groups is 1. The third kappa shape index (κ3) is 4.02. The molecule has 0 rings (SSSR count). The van der Waals surface area contributed by atoms with Gasteiger partial charge in [-0.2, -0.15) is 4.39 Å². The van der Waals surface area contributed by atoms with Crippen molar-refractivity contribution in [2.24, 2.45) is 0 Å². The van der Waals surface area contributed by atoms with Crippen molar-refractivity contribution >= 4 is 17.3 Å². The third-order valence-electron chi connectivity index (χ3n) is 0.278. The van der Waals surface area contributed by atoms with Crippen LogP contribution in [-0.2, 0) is 0 Å². The Morgan fingerprint density at radius 1 is 2.00 bits per heavy atom. The number of hydrogen-bond acceptors (Lipinski definition) is 1. The van der Waals surface area contributed by atoms with E-state index < -0.39 is 5.12 Å². The molecule has 0 aromatic rings. The lowest BCUT2D eigenvalue weighted by Crippen LogP contribution is -1.71. The Bertz CT molecular complexity index is 42.2. The van der Waals surface area contributed by atoms with Crippen LogP contribution in [0.15, 0.2) is 0 Å². The molecule has 0 radical (unpaired) electrons. The van der Waals surface area contributed by atoms with E-state index in [4.69, 9.17) is 0 Å². The first-order valence-electron chi connectivity index (χ1n) is 1.45. The highest BCUT2D eigenvalue weighted by Gasteiger charge is 1.77. The van der Waals surface area contributed by atoms with Crippen LogP contribution in [-0.4, -0.2) is 5.12 Å². The molecule has 5 heavy (non-hydrogen) atoms. The Kier molecular flexibility index (Phi) is 2.28. The van der Waals surface area contributed by atoms with Gasteiger partial charge in [-0.3, -0.25) is 0 Å². The Morgan fingerprint density at radius 2 is 2.20 bits per heavy atom. The van der Waals surface area contributed by atoms with Gasteiger partial charge in [0, 0.05) is 6.42 Å². The van der Waals surface area contributed by atoms with E-state index in [1.165, 1.54) is 0 Å². The Morgan fingerprint density at radius 3 is 2.20 bits per heavy atom. The topological polar surface area (TPSA) is 0 Å². The number of rotatable bonds is 1. The summed E-state index contributed by atoms with van der Waals surface area (Å²) in [4.78, 5) is 0. The molecule has 0 fully saturated rings. The summed E-state index contributed by atoms with van der Waals surface area (Å²) in [6, 6.07) is 0. The highest BCUT2D eigenvalue weighted by molar-refractivity contribution is 7.80. The zero-order valence-electron chi connectivity index (χ0n) is 2.99. The fourth-order valence-corrected chi connectivity index (χ4v) is 0. The minimum absolute atomic E-state index is 0.370. The molecule has 0 aliphatic rings. The monoisotopic (exact) mass is 92.0 g/mol. The predicted octanol–water partition coefficient (Wildman–Crippen LogP) is 1.69. The second-order valence-corrected chi connectivity index (χ2v) is 1.15. The van der Waals surface area contributed by atoms with E-state index in [0.717, 1.165) is 0 Å². The average Bonchev–Trinajstić information content (AvgIpc) is 1.38. The normalized spacial score (nSPS) is 7.60. The van der Waals surface area contributed by atoms with Gasteiger partial charge in [-0.15, -0.1) is 0 Å². The Hall–Kier alpha value is 0.0200. The maximum absolute atomic E-state index is 11.2. The highest BCUT2D eigenvalue weighted by Crippen LogP contribution is 1.81. The molecule has 0 saturated heterocycles. The van der Waals surface area contributed by atoms with Crippen molar-refractivity contribution in [3.05, 3.63) is 0 Å². The van der Waals surface area contributed by atoms with Crippen LogP contribution in [0.3, 0.4) is 0 Å². The van der Waals surface area contributed by atoms with Crippen molar-refractivity contribution in [2.75, 3.05) is 0 Å². The third-order valence-corrected chi connectivity index (χ3v) is 0.567. The summed E-state index contributed by atoms with van der Waals surface area (Å²) in [6.45, 7) is 1.68. The molecule has 0 aliphatic carbocycles. The first-order valence-corrected chi connectivity index (χ1v) is 1.86. The van der Waals surface area contributed by atoms with Crippen LogP contribution in [0.5, 0.6) is 0 Å². The smallest absolute Gasteiger partial charge is 0.162 e. The number of hydrogen-bond donors (Lipinski definition) is 0. The van der Waals surface area contributed by atoms with E-state index in [2.05, 4.69) is 12.2 Å². The van der Waals surface area contributed by atoms with Crippen molar-refractivity contribution in [3.8, 4) is 0 Å². The minimum Gasteiger partial charge on any atom is -0.199 e. The average molecular weight is 92.1 g/mol. The van der Waals surface area contributed by atoms with Gasteiger partial charge in [-0.05, 0) is 0 Å². The van der Waals surface area contributed by atoms with E-state index in [-0.39, 0.29) is 0 Å². The minimum atomic E-state index is -0.412. The molecule has 2 heteroatoms. The molecule has 0 aromatic heterocycles. The first kappa shape index (κ1) is 5.02. The van der Waals surface area contributed by atoms with Crippen LogP contribution in [0.2, 0.25) is 0 Å². The lowest BCUT2D eigenvalue weighted by Gasteiger charge is -1.71. The van der Waals surface area contributed by atoms with Crippen LogP contribution < -0.4 is 0 Å². The summed E-state index contributed by atoms with van der Waals surface area (Å²) in [5.41, 5.74) is 0. The van der Waals surface area contributed by atoms with Crippen LogP contribution in [0.1, 0.15) is 13.3 Å². The fraction of sp³-hybridized carbons (Fsp3) is 0.667. The van der Waals surface area contributed by atoms with Gasteiger partial charge in [-0.25, -0.2) is 0 Å². The molecule has 0 nitrogen and oxygen atoms in total. The molecule has 0 bridgehead atoms. The van der Waals surface area contributed by atoms with Crippen molar-refractivity contribution < 1.29 is 4.39 Å². The van der Waals surface area contributed by atoms with Crippen molar-refractivity contribution in [1.29, 1.82) is 0 Å². The lowest BCUT2D eigenvalue weighted by atomic mass is 10.6.